The summed E-state index contributed by atoms with van der Waals surface area (Å²) in [5.41, 5.74) is 14.6. The van der Waals surface area contributed by atoms with E-state index in [1.54, 1.807) is 0 Å². The summed E-state index contributed by atoms with van der Waals surface area (Å²) in [6, 6.07) is 45.5. The highest BCUT2D eigenvalue weighted by Gasteiger charge is 2.26. The van der Waals surface area contributed by atoms with Gasteiger partial charge < -0.3 is 4.42 Å². The van der Waals surface area contributed by atoms with Gasteiger partial charge in [0.25, 0.3) is 0 Å². The molecular weight excluding hydrogens is 572 g/mol. The van der Waals surface area contributed by atoms with Crippen molar-refractivity contribution < 1.29 is 4.42 Å². The summed E-state index contributed by atoms with van der Waals surface area (Å²) < 4.78 is 9.25. The molecule has 230 valence electrons. The Bertz CT molecular complexity index is 2380. The quantitative estimate of drug-likeness (QED) is 0.187. The van der Waals surface area contributed by atoms with E-state index >= 15 is 0 Å². The number of aromatic nitrogens is 2. The van der Waals surface area contributed by atoms with E-state index in [0.717, 1.165) is 49.9 Å². The van der Waals surface area contributed by atoms with E-state index in [4.69, 9.17) is 9.40 Å². The van der Waals surface area contributed by atoms with Crippen molar-refractivity contribution in [2.24, 2.45) is 0 Å². The molecule has 6 aromatic carbocycles. The van der Waals surface area contributed by atoms with Crippen LogP contribution >= 0.6 is 0 Å². The van der Waals surface area contributed by atoms with Crippen molar-refractivity contribution in [1.82, 2.24) is 9.55 Å². The van der Waals surface area contributed by atoms with Gasteiger partial charge in [0.2, 0.25) is 0 Å². The van der Waals surface area contributed by atoms with Gasteiger partial charge >= 0.3 is 0 Å². The summed E-state index contributed by atoms with van der Waals surface area (Å²) in [4.78, 5) is 5.36. The van der Waals surface area contributed by atoms with Gasteiger partial charge in [0, 0.05) is 10.8 Å². The molecular formula is C44H38N2O. The normalized spacial score (nSPS) is 11.9. The lowest BCUT2D eigenvalue weighted by molar-refractivity contribution is 0.669. The molecule has 0 N–H and O–H groups in total. The lowest BCUT2D eigenvalue weighted by Gasteiger charge is -2.24. The Kier molecular flexibility index (Phi) is 7.06. The van der Waals surface area contributed by atoms with E-state index in [0.29, 0.717) is 11.8 Å². The largest absolute Gasteiger partial charge is 0.455 e. The van der Waals surface area contributed by atoms with E-state index < -0.39 is 0 Å². The van der Waals surface area contributed by atoms with Gasteiger partial charge in [0.05, 0.1) is 22.3 Å². The highest BCUT2D eigenvalue weighted by molar-refractivity contribution is 6.12. The van der Waals surface area contributed by atoms with Gasteiger partial charge in [-0.25, -0.2) is 4.98 Å². The molecule has 8 aromatic rings. The Labute approximate surface area is 276 Å². The van der Waals surface area contributed by atoms with Gasteiger partial charge in [-0.15, -0.1) is 0 Å². The van der Waals surface area contributed by atoms with Crippen LogP contribution in [0, 0.1) is 6.92 Å². The molecule has 0 spiro atoms. The van der Waals surface area contributed by atoms with Gasteiger partial charge in [-0.1, -0.05) is 113 Å². The minimum atomic E-state index is 0.292. The predicted molar refractivity (Wildman–Crippen MR) is 198 cm³/mol. The number of rotatable bonds is 6. The second-order valence-corrected chi connectivity index (χ2v) is 13.3. The Hall–Kier alpha value is -5.41. The second-order valence-electron chi connectivity index (χ2n) is 13.3. The third-order valence-corrected chi connectivity index (χ3v) is 9.48. The van der Waals surface area contributed by atoms with Crippen LogP contribution in [0.25, 0.3) is 72.3 Å². The van der Waals surface area contributed by atoms with Crippen LogP contribution in [-0.2, 0) is 0 Å². The molecule has 0 saturated carbocycles. The first-order valence-corrected chi connectivity index (χ1v) is 16.6. The smallest absolute Gasteiger partial charge is 0.149 e. The molecule has 0 fully saturated rings. The van der Waals surface area contributed by atoms with Crippen molar-refractivity contribution in [2.45, 2.75) is 46.5 Å². The van der Waals surface area contributed by atoms with Crippen LogP contribution in [-0.4, -0.2) is 9.55 Å². The van der Waals surface area contributed by atoms with Gasteiger partial charge in [0.1, 0.15) is 17.0 Å². The number of furan rings is 1. The molecule has 3 heteroatoms. The Morgan fingerprint density at radius 3 is 1.87 bits per heavy atom. The first kappa shape index (κ1) is 29.0. The molecule has 0 amide bonds. The second kappa shape index (κ2) is 11.4. The van der Waals surface area contributed by atoms with Gasteiger partial charge in [-0.2, -0.15) is 0 Å². The number of imidazole rings is 1. The molecule has 0 aliphatic carbocycles. The first-order valence-electron chi connectivity index (χ1n) is 16.6. The van der Waals surface area contributed by atoms with Crippen molar-refractivity contribution in [3.8, 4) is 39.3 Å². The average molecular weight is 611 g/mol. The van der Waals surface area contributed by atoms with Crippen molar-refractivity contribution >= 4 is 33.0 Å². The summed E-state index contributed by atoms with van der Waals surface area (Å²) in [5, 5.41) is 2.27. The van der Waals surface area contributed by atoms with E-state index in [2.05, 4.69) is 167 Å². The fraction of sp³-hybridized carbons (Fsp3) is 0.159. The van der Waals surface area contributed by atoms with E-state index in [1.807, 2.05) is 0 Å². The number of nitrogens with zero attached hydrogens (tertiary/aromatic N) is 2. The maximum atomic E-state index is 6.85. The molecule has 0 atom stereocenters. The number of benzene rings is 6. The van der Waals surface area contributed by atoms with E-state index in [9.17, 15) is 0 Å². The molecule has 0 radical (unpaired) electrons. The predicted octanol–water partition coefficient (Wildman–Crippen LogP) is 12.5. The summed E-state index contributed by atoms with van der Waals surface area (Å²) in [6.07, 6.45) is 0. The Morgan fingerprint density at radius 1 is 0.596 bits per heavy atom. The zero-order valence-corrected chi connectivity index (χ0v) is 27.6. The lowest BCUT2D eigenvalue weighted by Crippen LogP contribution is -2.09. The zero-order chi connectivity index (χ0) is 32.2. The van der Waals surface area contributed by atoms with E-state index in [-0.39, 0.29) is 0 Å². The molecule has 0 aliphatic heterocycles. The fourth-order valence-corrected chi connectivity index (χ4v) is 7.08. The van der Waals surface area contributed by atoms with Gasteiger partial charge in [-0.3, -0.25) is 4.57 Å². The molecule has 2 aromatic heterocycles. The zero-order valence-electron chi connectivity index (χ0n) is 27.6. The summed E-state index contributed by atoms with van der Waals surface area (Å²) >= 11 is 0. The maximum Gasteiger partial charge on any atom is 0.149 e. The lowest BCUT2D eigenvalue weighted by atomic mass is 9.88. The molecule has 0 aliphatic rings. The number of fused-ring (bicyclic) bond motifs is 4. The average Bonchev–Trinajstić information content (AvgIpc) is 3.67. The minimum Gasteiger partial charge on any atom is -0.455 e. The third-order valence-electron chi connectivity index (χ3n) is 9.48. The summed E-state index contributed by atoms with van der Waals surface area (Å²) in [7, 11) is 0. The molecule has 3 nitrogen and oxygen atoms in total. The van der Waals surface area contributed by atoms with Crippen LogP contribution in [0.4, 0.5) is 0 Å². The monoisotopic (exact) mass is 610 g/mol. The van der Waals surface area contributed by atoms with Gasteiger partial charge in [0.15, 0.2) is 0 Å². The molecule has 0 unspecified atom stereocenters. The Morgan fingerprint density at radius 2 is 1.21 bits per heavy atom. The number of para-hydroxylation sites is 2. The van der Waals surface area contributed by atoms with Crippen LogP contribution in [0.5, 0.6) is 0 Å². The van der Waals surface area contributed by atoms with Crippen LogP contribution < -0.4 is 0 Å². The number of hydrogen-bond donors (Lipinski definition) is 0. The number of aryl methyl sites for hydroxylation is 1. The minimum absolute atomic E-state index is 0.292. The fourth-order valence-electron chi connectivity index (χ4n) is 7.08. The molecule has 0 bridgehead atoms. The molecule has 8 rings (SSSR count). The van der Waals surface area contributed by atoms with Crippen molar-refractivity contribution in [3.63, 3.8) is 0 Å². The van der Waals surface area contributed by atoms with Crippen LogP contribution in [0.1, 0.15) is 56.2 Å². The maximum absolute atomic E-state index is 6.85. The van der Waals surface area contributed by atoms with Crippen LogP contribution in [0.2, 0.25) is 0 Å². The summed E-state index contributed by atoms with van der Waals surface area (Å²) in [5.74, 6) is 1.48. The molecule has 2 heterocycles. The van der Waals surface area contributed by atoms with Crippen LogP contribution in [0.15, 0.2) is 132 Å². The van der Waals surface area contributed by atoms with Crippen molar-refractivity contribution in [1.29, 1.82) is 0 Å². The number of hydrogen-bond acceptors (Lipinski definition) is 2. The highest BCUT2D eigenvalue weighted by atomic mass is 16.3. The highest BCUT2D eigenvalue weighted by Crippen LogP contribution is 2.43. The third kappa shape index (κ3) is 4.85. The van der Waals surface area contributed by atoms with Crippen LogP contribution in [0.3, 0.4) is 0 Å². The SMILES string of the molecule is Cc1ccc(-c2nc3ccccc3n2-c2c(C(C)C)cc(-c3ccccc3)cc2C(C)C)c2oc3cc(-c4ccccc4)ccc3c12. The standard InChI is InChI=1S/C44H38N2O/c1-27(2)36-24-33(31-16-10-7-11-17-31)25-37(28(3)4)42(36)46-39-19-13-12-18-38(39)45-44(46)35-22-20-29(5)41-34-23-21-32(26-40(34)47-43(35)41)30-14-8-6-9-15-30/h6-28H,1-5H3. The summed E-state index contributed by atoms with van der Waals surface area (Å²) in [6.45, 7) is 11.4. The van der Waals surface area contributed by atoms with E-state index in [1.165, 1.54) is 39.1 Å². The Balaban J connectivity index is 1.43. The van der Waals surface area contributed by atoms with Crippen molar-refractivity contribution in [3.05, 3.63) is 144 Å². The molecule has 0 saturated heterocycles. The topological polar surface area (TPSA) is 31.0 Å². The molecule has 47 heavy (non-hydrogen) atoms. The first-order chi connectivity index (χ1) is 22.9. The van der Waals surface area contributed by atoms with Crippen molar-refractivity contribution in [2.75, 3.05) is 0 Å². The van der Waals surface area contributed by atoms with Gasteiger partial charge in [-0.05, 0) is 100 Å².